The standard InChI is InChI=1S/C25H28N2O2/c1-17(2)23-10-5-18(3)15-24(23)29-19(4)25(28)27-22-8-6-20(7-9-22)16-21-11-13-26-14-12-21/h5-15,17,19H,16H2,1-4H3,(H,27,28)/t19-/m0/s1. The molecule has 4 nitrogen and oxygen atoms in total. The van der Waals surface area contributed by atoms with Gasteiger partial charge in [-0.2, -0.15) is 0 Å². The molecule has 1 N–H and O–H groups in total. The Labute approximate surface area is 173 Å². The summed E-state index contributed by atoms with van der Waals surface area (Å²) in [6, 6.07) is 18.0. The molecular formula is C25H28N2O2. The number of hydrogen-bond acceptors (Lipinski definition) is 3. The largest absolute Gasteiger partial charge is 0.481 e. The maximum absolute atomic E-state index is 12.6. The summed E-state index contributed by atoms with van der Waals surface area (Å²) in [5.74, 6) is 0.937. The van der Waals surface area contributed by atoms with Crippen LogP contribution in [0.1, 0.15) is 48.9 Å². The van der Waals surface area contributed by atoms with Gasteiger partial charge in [0.05, 0.1) is 0 Å². The van der Waals surface area contributed by atoms with Crippen LogP contribution in [0, 0.1) is 6.92 Å². The summed E-state index contributed by atoms with van der Waals surface area (Å²) in [5.41, 5.74) is 5.37. The van der Waals surface area contributed by atoms with Crippen LogP contribution < -0.4 is 10.1 Å². The van der Waals surface area contributed by atoms with Crippen LogP contribution in [0.25, 0.3) is 0 Å². The number of nitrogens with zero attached hydrogens (tertiary/aromatic N) is 1. The van der Waals surface area contributed by atoms with E-state index in [1.54, 1.807) is 19.3 Å². The summed E-state index contributed by atoms with van der Waals surface area (Å²) in [6.45, 7) is 8.04. The number of carbonyl (C=O) groups is 1. The van der Waals surface area contributed by atoms with Gasteiger partial charge in [0.15, 0.2) is 6.10 Å². The lowest BCUT2D eigenvalue weighted by Crippen LogP contribution is -2.30. The van der Waals surface area contributed by atoms with E-state index in [4.69, 9.17) is 4.74 Å². The van der Waals surface area contributed by atoms with Crippen molar-refractivity contribution in [1.82, 2.24) is 4.98 Å². The minimum atomic E-state index is -0.592. The van der Waals surface area contributed by atoms with Gasteiger partial charge in [-0.25, -0.2) is 0 Å². The topological polar surface area (TPSA) is 51.2 Å². The number of amides is 1. The summed E-state index contributed by atoms with van der Waals surface area (Å²) < 4.78 is 6.01. The maximum atomic E-state index is 12.6. The Hall–Kier alpha value is -3.14. The van der Waals surface area contributed by atoms with Crippen molar-refractivity contribution >= 4 is 11.6 Å². The molecule has 0 aliphatic rings. The Balaban J connectivity index is 1.62. The summed E-state index contributed by atoms with van der Waals surface area (Å²) >= 11 is 0. The molecule has 2 aromatic carbocycles. The Bertz CT molecular complexity index is 950. The van der Waals surface area contributed by atoms with Crippen LogP contribution in [0.4, 0.5) is 5.69 Å². The summed E-state index contributed by atoms with van der Waals surface area (Å²) in [6.07, 6.45) is 3.83. The van der Waals surface area contributed by atoms with Gasteiger partial charge in [-0.05, 0) is 78.8 Å². The predicted molar refractivity (Wildman–Crippen MR) is 117 cm³/mol. The van der Waals surface area contributed by atoms with Crippen LogP contribution in [0.5, 0.6) is 5.75 Å². The van der Waals surface area contributed by atoms with Crippen LogP contribution in [0.15, 0.2) is 67.0 Å². The molecule has 29 heavy (non-hydrogen) atoms. The summed E-state index contributed by atoms with van der Waals surface area (Å²) in [4.78, 5) is 16.7. The fourth-order valence-corrected chi connectivity index (χ4v) is 3.15. The Kier molecular flexibility index (Phi) is 6.65. The molecule has 4 heteroatoms. The van der Waals surface area contributed by atoms with E-state index >= 15 is 0 Å². The lowest BCUT2D eigenvalue weighted by atomic mass is 10.0. The third-order valence-corrected chi connectivity index (χ3v) is 4.84. The maximum Gasteiger partial charge on any atom is 0.265 e. The Morgan fingerprint density at radius 3 is 2.28 bits per heavy atom. The molecule has 0 saturated heterocycles. The fourth-order valence-electron chi connectivity index (χ4n) is 3.15. The predicted octanol–water partition coefficient (Wildman–Crippen LogP) is 5.51. The zero-order valence-corrected chi connectivity index (χ0v) is 17.5. The van der Waals surface area contributed by atoms with Crippen molar-refractivity contribution in [3.8, 4) is 5.75 Å². The second-order valence-corrected chi connectivity index (χ2v) is 7.67. The molecule has 1 amide bonds. The molecule has 0 bridgehead atoms. The number of hydrogen-bond donors (Lipinski definition) is 1. The number of benzene rings is 2. The van der Waals surface area contributed by atoms with Crippen LogP contribution >= 0.6 is 0 Å². The van der Waals surface area contributed by atoms with Crippen molar-refractivity contribution in [3.05, 3.63) is 89.2 Å². The number of aromatic nitrogens is 1. The lowest BCUT2D eigenvalue weighted by Gasteiger charge is -2.19. The molecule has 1 atom stereocenters. The first-order valence-corrected chi connectivity index (χ1v) is 9.98. The molecule has 0 radical (unpaired) electrons. The van der Waals surface area contributed by atoms with E-state index in [1.165, 1.54) is 11.1 Å². The molecule has 0 saturated carbocycles. The van der Waals surface area contributed by atoms with Crippen molar-refractivity contribution in [2.75, 3.05) is 5.32 Å². The van der Waals surface area contributed by atoms with Gasteiger partial charge in [-0.1, -0.05) is 38.1 Å². The number of pyridine rings is 1. The van der Waals surface area contributed by atoms with Gasteiger partial charge >= 0.3 is 0 Å². The van der Waals surface area contributed by atoms with Crippen molar-refractivity contribution in [1.29, 1.82) is 0 Å². The van der Waals surface area contributed by atoms with Crippen LogP contribution in [0.3, 0.4) is 0 Å². The van der Waals surface area contributed by atoms with E-state index in [1.807, 2.05) is 49.4 Å². The van der Waals surface area contributed by atoms with Gasteiger partial charge in [-0.3, -0.25) is 9.78 Å². The van der Waals surface area contributed by atoms with E-state index < -0.39 is 6.10 Å². The van der Waals surface area contributed by atoms with Crippen molar-refractivity contribution in [3.63, 3.8) is 0 Å². The van der Waals surface area contributed by atoms with Crippen molar-refractivity contribution < 1.29 is 9.53 Å². The average molecular weight is 389 g/mol. The first-order valence-electron chi connectivity index (χ1n) is 9.98. The smallest absolute Gasteiger partial charge is 0.265 e. The van der Waals surface area contributed by atoms with Gasteiger partial charge in [0, 0.05) is 18.1 Å². The number of rotatable bonds is 7. The molecular weight excluding hydrogens is 360 g/mol. The highest BCUT2D eigenvalue weighted by molar-refractivity contribution is 5.94. The number of carbonyl (C=O) groups excluding carboxylic acids is 1. The second-order valence-electron chi connectivity index (χ2n) is 7.67. The van der Waals surface area contributed by atoms with Gasteiger partial charge in [-0.15, -0.1) is 0 Å². The molecule has 0 unspecified atom stereocenters. The van der Waals surface area contributed by atoms with Crippen molar-refractivity contribution in [2.24, 2.45) is 0 Å². The molecule has 0 fully saturated rings. The first-order chi connectivity index (χ1) is 13.9. The highest BCUT2D eigenvalue weighted by Crippen LogP contribution is 2.28. The van der Waals surface area contributed by atoms with E-state index in [0.717, 1.165) is 29.0 Å². The summed E-state index contributed by atoms with van der Waals surface area (Å²) in [7, 11) is 0. The number of aryl methyl sites for hydroxylation is 1. The molecule has 3 aromatic rings. The molecule has 1 aromatic heterocycles. The molecule has 0 aliphatic carbocycles. The second kappa shape index (κ2) is 9.37. The van der Waals surface area contributed by atoms with E-state index in [2.05, 4.69) is 36.3 Å². The molecule has 3 rings (SSSR count). The van der Waals surface area contributed by atoms with Gasteiger partial charge in [0.25, 0.3) is 5.91 Å². The highest BCUT2D eigenvalue weighted by atomic mass is 16.5. The zero-order chi connectivity index (χ0) is 20.8. The Morgan fingerprint density at radius 1 is 0.966 bits per heavy atom. The van der Waals surface area contributed by atoms with Crippen LogP contribution in [0.2, 0.25) is 0 Å². The molecule has 1 heterocycles. The third kappa shape index (κ3) is 5.67. The zero-order valence-electron chi connectivity index (χ0n) is 17.5. The quantitative estimate of drug-likeness (QED) is 0.580. The first kappa shape index (κ1) is 20.6. The molecule has 0 spiro atoms. The highest BCUT2D eigenvalue weighted by Gasteiger charge is 2.18. The summed E-state index contributed by atoms with van der Waals surface area (Å²) in [5, 5.41) is 2.94. The Morgan fingerprint density at radius 2 is 1.62 bits per heavy atom. The normalized spacial score (nSPS) is 11.9. The monoisotopic (exact) mass is 388 g/mol. The minimum Gasteiger partial charge on any atom is -0.481 e. The molecule has 0 aliphatic heterocycles. The van der Waals surface area contributed by atoms with Gasteiger partial charge < -0.3 is 10.1 Å². The number of nitrogens with one attached hydrogen (secondary N) is 1. The number of ether oxygens (including phenoxy) is 1. The van der Waals surface area contributed by atoms with Crippen LogP contribution in [-0.2, 0) is 11.2 Å². The number of anilines is 1. The van der Waals surface area contributed by atoms with E-state index in [-0.39, 0.29) is 5.91 Å². The minimum absolute atomic E-state index is 0.164. The van der Waals surface area contributed by atoms with E-state index in [9.17, 15) is 4.79 Å². The van der Waals surface area contributed by atoms with Gasteiger partial charge in [0.2, 0.25) is 0 Å². The van der Waals surface area contributed by atoms with Gasteiger partial charge in [0.1, 0.15) is 5.75 Å². The van der Waals surface area contributed by atoms with Crippen LogP contribution in [-0.4, -0.2) is 17.0 Å². The third-order valence-electron chi connectivity index (χ3n) is 4.84. The van der Waals surface area contributed by atoms with E-state index in [0.29, 0.717) is 5.92 Å². The SMILES string of the molecule is Cc1ccc(C(C)C)c(O[C@@H](C)C(=O)Nc2ccc(Cc3ccncc3)cc2)c1. The molecule has 150 valence electrons. The lowest BCUT2D eigenvalue weighted by molar-refractivity contribution is -0.122. The fraction of sp³-hybridized carbons (Fsp3) is 0.280. The van der Waals surface area contributed by atoms with Crippen molar-refractivity contribution in [2.45, 2.75) is 46.1 Å². The average Bonchev–Trinajstić information content (AvgIpc) is 2.70.